The van der Waals surface area contributed by atoms with Crippen LogP contribution in [0.1, 0.15) is 12.0 Å². The second kappa shape index (κ2) is 10.5. The first kappa shape index (κ1) is 22.8. The van der Waals surface area contributed by atoms with E-state index in [9.17, 15) is 4.39 Å². The van der Waals surface area contributed by atoms with E-state index in [2.05, 4.69) is 27.8 Å². The van der Waals surface area contributed by atoms with E-state index < -0.39 is 0 Å². The van der Waals surface area contributed by atoms with Crippen molar-refractivity contribution in [1.82, 2.24) is 10.3 Å². The molecule has 2 N–H and O–H groups in total. The van der Waals surface area contributed by atoms with E-state index in [1.54, 1.807) is 12.1 Å². The van der Waals surface area contributed by atoms with Gasteiger partial charge in [-0.15, -0.1) is 12.4 Å². The third kappa shape index (κ3) is 5.18. The van der Waals surface area contributed by atoms with Crippen molar-refractivity contribution in [3.05, 3.63) is 84.3 Å². The summed E-state index contributed by atoms with van der Waals surface area (Å²) in [5, 5.41) is 8.06. The zero-order chi connectivity index (χ0) is 21.8. The fourth-order valence-electron chi connectivity index (χ4n) is 3.91. The molecule has 0 amide bonds. The standard InChI is InChI=1S/C26H24FN3O2.ClH/c27-21-8-5-18(6-9-21)19-7-10-22-23(11-14-30-24(22)15-19)29-13-2-12-28-16-20-3-1-4-25-26(20)32-17-31-25;/h1,3-11,14-15,28H,2,12-13,16-17H2,(H,29,30);1H. The van der Waals surface area contributed by atoms with Gasteiger partial charge in [-0.1, -0.05) is 36.4 Å². The quantitative estimate of drug-likeness (QED) is 0.323. The van der Waals surface area contributed by atoms with E-state index in [4.69, 9.17) is 9.47 Å². The molecule has 0 saturated heterocycles. The van der Waals surface area contributed by atoms with Crippen LogP contribution in [0, 0.1) is 5.82 Å². The van der Waals surface area contributed by atoms with Crippen molar-refractivity contribution in [1.29, 1.82) is 0 Å². The lowest BCUT2D eigenvalue weighted by molar-refractivity contribution is 0.173. The predicted molar refractivity (Wildman–Crippen MR) is 132 cm³/mol. The lowest BCUT2D eigenvalue weighted by Crippen LogP contribution is -2.18. The number of fused-ring (bicyclic) bond motifs is 2. The lowest BCUT2D eigenvalue weighted by atomic mass is 10.0. The Hall–Kier alpha value is -3.35. The van der Waals surface area contributed by atoms with E-state index in [1.807, 2.05) is 36.5 Å². The molecule has 0 spiro atoms. The molecule has 170 valence electrons. The number of rotatable bonds is 8. The van der Waals surface area contributed by atoms with Gasteiger partial charge >= 0.3 is 0 Å². The first-order chi connectivity index (χ1) is 15.8. The Balaban J connectivity index is 0.00000259. The highest BCUT2D eigenvalue weighted by molar-refractivity contribution is 5.93. The number of hydrogen-bond donors (Lipinski definition) is 2. The Morgan fingerprint density at radius 2 is 1.76 bits per heavy atom. The van der Waals surface area contributed by atoms with Crippen molar-refractivity contribution in [3.63, 3.8) is 0 Å². The summed E-state index contributed by atoms with van der Waals surface area (Å²) in [5.41, 5.74) is 5.08. The molecular weight excluding hydrogens is 441 g/mol. The molecule has 0 aliphatic carbocycles. The van der Waals surface area contributed by atoms with Gasteiger partial charge in [0.1, 0.15) is 5.82 Å². The average molecular weight is 466 g/mol. The average Bonchev–Trinajstić information content (AvgIpc) is 3.31. The largest absolute Gasteiger partial charge is 0.454 e. The highest BCUT2D eigenvalue weighted by Gasteiger charge is 2.16. The van der Waals surface area contributed by atoms with Gasteiger partial charge in [0.05, 0.1) is 5.52 Å². The second-order valence-electron chi connectivity index (χ2n) is 7.71. The molecule has 0 unspecified atom stereocenters. The van der Waals surface area contributed by atoms with Gasteiger partial charge in [0.15, 0.2) is 11.5 Å². The second-order valence-corrected chi connectivity index (χ2v) is 7.71. The van der Waals surface area contributed by atoms with Crippen LogP contribution in [0.2, 0.25) is 0 Å². The van der Waals surface area contributed by atoms with Crippen molar-refractivity contribution < 1.29 is 13.9 Å². The fraction of sp³-hybridized carbons (Fsp3) is 0.192. The molecule has 2 heterocycles. The molecule has 0 atom stereocenters. The molecule has 1 aromatic heterocycles. The van der Waals surface area contributed by atoms with Crippen molar-refractivity contribution in [3.8, 4) is 22.6 Å². The maximum Gasteiger partial charge on any atom is 0.231 e. The van der Waals surface area contributed by atoms with Gasteiger partial charge in [-0.25, -0.2) is 4.39 Å². The molecule has 4 aromatic rings. The normalized spacial score (nSPS) is 11.9. The summed E-state index contributed by atoms with van der Waals surface area (Å²) in [7, 11) is 0. The molecular formula is C26H25ClFN3O2. The van der Waals surface area contributed by atoms with Gasteiger partial charge in [-0.2, -0.15) is 0 Å². The number of nitrogens with one attached hydrogen (secondary N) is 2. The molecule has 0 fully saturated rings. The Morgan fingerprint density at radius 1 is 0.909 bits per heavy atom. The number of aromatic nitrogens is 1. The van der Waals surface area contributed by atoms with E-state index in [1.165, 1.54) is 12.1 Å². The highest BCUT2D eigenvalue weighted by atomic mass is 35.5. The fourth-order valence-corrected chi connectivity index (χ4v) is 3.91. The predicted octanol–water partition coefficient (Wildman–Crippen LogP) is 5.78. The van der Waals surface area contributed by atoms with Crippen LogP contribution in [0.25, 0.3) is 22.0 Å². The Kier molecular flexibility index (Phi) is 7.27. The third-order valence-corrected chi connectivity index (χ3v) is 5.56. The third-order valence-electron chi connectivity index (χ3n) is 5.56. The SMILES string of the molecule is Cl.Fc1ccc(-c2ccc3c(NCCCNCc4cccc5c4OCO5)ccnc3c2)cc1. The van der Waals surface area contributed by atoms with Crippen LogP contribution in [0.3, 0.4) is 0 Å². The van der Waals surface area contributed by atoms with Crippen LogP contribution in [0.4, 0.5) is 10.1 Å². The van der Waals surface area contributed by atoms with E-state index in [0.717, 1.165) is 70.8 Å². The zero-order valence-electron chi connectivity index (χ0n) is 18.0. The summed E-state index contributed by atoms with van der Waals surface area (Å²) >= 11 is 0. The Morgan fingerprint density at radius 3 is 2.64 bits per heavy atom. The highest BCUT2D eigenvalue weighted by Crippen LogP contribution is 2.35. The summed E-state index contributed by atoms with van der Waals surface area (Å²) in [4.78, 5) is 4.52. The summed E-state index contributed by atoms with van der Waals surface area (Å²) in [6, 6.07) is 20.7. The molecule has 1 aliphatic heterocycles. The van der Waals surface area contributed by atoms with Gasteiger partial charge < -0.3 is 20.1 Å². The van der Waals surface area contributed by atoms with Crippen molar-refractivity contribution in [2.75, 3.05) is 25.2 Å². The van der Waals surface area contributed by atoms with E-state index >= 15 is 0 Å². The minimum absolute atomic E-state index is 0. The van der Waals surface area contributed by atoms with E-state index in [-0.39, 0.29) is 18.2 Å². The smallest absolute Gasteiger partial charge is 0.231 e. The van der Waals surface area contributed by atoms with Gasteiger partial charge in [-0.3, -0.25) is 4.98 Å². The summed E-state index contributed by atoms with van der Waals surface area (Å²) in [6.07, 6.45) is 2.79. The molecule has 7 heteroatoms. The Bertz CT molecular complexity index is 1230. The zero-order valence-corrected chi connectivity index (χ0v) is 18.8. The van der Waals surface area contributed by atoms with Crippen LogP contribution in [0.15, 0.2) is 72.9 Å². The monoisotopic (exact) mass is 465 g/mol. The van der Waals surface area contributed by atoms with Crippen LogP contribution in [0.5, 0.6) is 11.5 Å². The molecule has 1 aliphatic rings. The summed E-state index contributed by atoms with van der Waals surface area (Å²) < 4.78 is 24.2. The number of anilines is 1. The maximum absolute atomic E-state index is 13.2. The topological polar surface area (TPSA) is 55.4 Å². The molecule has 0 saturated carbocycles. The van der Waals surface area contributed by atoms with Gasteiger partial charge in [0.2, 0.25) is 6.79 Å². The number of nitrogens with zero attached hydrogens (tertiary/aromatic N) is 1. The van der Waals surface area contributed by atoms with Crippen molar-refractivity contribution >= 4 is 29.0 Å². The minimum Gasteiger partial charge on any atom is -0.454 e. The maximum atomic E-state index is 13.2. The number of pyridine rings is 1. The van der Waals surface area contributed by atoms with Crippen LogP contribution in [-0.2, 0) is 6.54 Å². The Labute approximate surface area is 198 Å². The van der Waals surface area contributed by atoms with Gasteiger partial charge in [0, 0.05) is 35.9 Å². The molecule has 5 rings (SSSR count). The number of benzene rings is 3. The van der Waals surface area contributed by atoms with Crippen molar-refractivity contribution in [2.24, 2.45) is 0 Å². The molecule has 0 radical (unpaired) electrons. The number of hydrogen-bond acceptors (Lipinski definition) is 5. The number of ether oxygens (including phenoxy) is 2. The first-order valence-corrected chi connectivity index (χ1v) is 10.7. The first-order valence-electron chi connectivity index (χ1n) is 10.7. The molecule has 3 aromatic carbocycles. The van der Waals surface area contributed by atoms with Crippen LogP contribution >= 0.6 is 12.4 Å². The van der Waals surface area contributed by atoms with Crippen molar-refractivity contribution in [2.45, 2.75) is 13.0 Å². The van der Waals surface area contributed by atoms with Crippen LogP contribution in [-0.4, -0.2) is 24.9 Å². The van der Waals surface area contributed by atoms with Gasteiger partial charge in [-0.05, 0) is 54.4 Å². The van der Waals surface area contributed by atoms with Crippen LogP contribution < -0.4 is 20.1 Å². The van der Waals surface area contributed by atoms with Gasteiger partial charge in [0.25, 0.3) is 0 Å². The summed E-state index contributed by atoms with van der Waals surface area (Å²) in [5.74, 6) is 1.43. The number of halogens is 2. The molecule has 0 bridgehead atoms. The lowest BCUT2D eigenvalue weighted by Gasteiger charge is -2.11. The molecule has 5 nitrogen and oxygen atoms in total. The molecule has 33 heavy (non-hydrogen) atoms. The minimum atomic E-state index is -0.233. The summed E-state index contributed by atoms with van der Waals surface area (Å²) in [6.45, 7) is 2.77. The van der Waals surface area contributed by atoms with E-state index in [0.29, 0.717) is 6.79 Å². The number of para-hydroxylation sites is 1.